The van der Waals surface area contributed by atoms with Crippen LogP contribution in [0.1, 0.15) is 19.3 Å². The van der Waals surface area contributed by atoms with Crippen LogP contribution in [0.25, 0.3) is 0 Å². The lowest BCUT2D eigenvalue weighted by atomic mass is 9.86. The number of amides is 1. The van der Waals surface area contributed by atoms with Crippen molar-refractivity contribution in [1.82, 2.24) is 0 Å². The monoisotopic (exact) mass is 173 g/mol. The average Bonchev–Trinajstić information content (AvgIpc) is 1.94. The van der Waals surface area contributed by atoms with E-state index in [1.807, 2.05) is 0 Å². The number of carbonyl (C=O) groups is 1. The number of nitrogens with two attached hydrogens (primary N) is 1. The van der Waals surface area contributed by atoms with Crippen LogP contribution in [0, 0.1) is 5.92 Å². The second-order valence-corrected chi connectivity index (χ2v) is 3.53. The summed E-state index contributed by atoms with van der Waals surface area (Å²) in [5.74, 6) is -0.272. The SMILES string of the molecule is C=C1CCC(C(N)=O)CC1Cl. The maximum absolute atomic E-state index is 10.7. The Morgan fingerprint density at radius 1 is 1.73 bits per heavy atom. The molecule has 0 aromatic carbocycles. The number of alkyl halides is 1. The van der Waals surface area contributed by atoms with Gasteiger partial charge in [0.1, 0.15) is 0 Å². The molecule has 0 heterocycles. The van der Waals surface area contributed by atoms with Gasteiger partial charge in [0.25, 0.3) is 0 Å². The standard InChI is InChI=1S/C8H12ClNO/c1-5-2-3-6(8(10)11)4-7(5)9/h6-7H,1-4H2,(H2,10,11). The fourth-order valence-corrected chi connectivity index (χ4v) is 1.63. The quantitative estimate of drug-likeness (QED) is 0.473. The normalized spacial score (nSPS) is 31.9. The molecule has 11 heavy (non-hydrogen) atoms. The Bertz CT molecular complexity index is 191. The Hall–Kier alpha value is -0.500. The Balaban J connectivity index is 2.52. The van der Waals surface area contributed by atoms with E-state index in [0.29, 0.717) is 6.42 Å². The number of carbonyl (C=O) groups excluding carboxylic acids is 1. The van der Waals surface area contributed by atoms with Crippen molar-refractivity contribution in [3.63, 3.8) is 0 Å². The summed E-state index contributed by atoms with van der Waals surface area (Å²) in [6.07, 6.45) is 2.31. The van der Waals surface area contributed by atoms with E-state index in [9.17, 15) is 4.79 Å². The molecule has 1 saturated carbocycles. The highest BCUT2D eigenvalue weighted by Crippen LogP contribution is 2.30. The third-order valence-corrected chi connectivity index (χ3v) is 2.64. The van der Waals surface area contributed by atoms with Gasteiger partial charge in [-0.3, -0.25) is 4.79 Å². The van der Waals surface area contributed by atoms with Gasteiger partial charge >= 0.3 is 0 Å². The fraction of sp³-hybridized carbons (Fsp3) is 0.625. The smallest absolute Gasteiger partial charge is 0.220 e. The van der Waals surface area contributed by atoms with E-state index in [2.05, 4.69) is 6.58 Å². The first-order valence-electron chi connectivity index (χ1n) is 3.72. The van der Waals surface area contributed by atoms with Crippen LogP contribution in [0.4, 0.5) is 0 Å². The Labute approximate surface area is 71.4 Å². The molecule has 0 aliphatic heterocycles. The minimum atomic E-state index is -0.233. The van der Waals surface area contributed by atoms with Gasteiger partial charge in [0, 0.05) is 5.92 Å². The zero-order valence-corrected chi connectivity index (χ0v) is 7.10. The fourth-order valence-electron chi connectivity index (χ4n) is 1.31. The first-order chi connectivity index (χ1) is 5.11. The molecule has 0 bridgehead atoms. The number of halogens is 1. The predicted octanol–water partition coefficient (Wildman–Crippen LogP) is 1.44. The van der Waals surface area contributed by atoms with E-state index in [-0.39, 0.29) is 17.2 Å². The molecule has 1 amide bonds. The molecule has 1 rings (SSSR count). The number of hydrogen-bond donors (Lipinski definition) is 1. The van der Waals surface area contributed by atoms with Crippen molar-refractivity contribution in [1.29, 1.82) is 0 Å². The number of rotatable bonds is 1. The van der Waals surface area contributed by atoms with E-state index in [1.165, 1.54) is 0 Å². The highest BCUT2D eigenvalue weighted by molar-refractivity contribution is 6.22. The zero-order valence-electron chi connectivity index (χ0n) is 6.35. The number of primary amides is 1. The van der Waals surface area contributed by atoms with Crippen molar-refractivity contribution in [2.75, 3.05) is 0 Å². The van der Waals surface area contributed by atoms with Crippen LogP contribution >= 0.6 is 11.6 Å². The lowest BCUT2D eigenvalue weighted by Gasteiger charge is -2.24. The van der Waals surface area contributed by atoms with Gasteiger partial charge in [-0.25, -0.2) is 0 Å². The summed E-state index contributed by atoms with van der Waals surface area (Å²) in [6.45, 7) is 3.80. The first kappa shape index (κ1) is 8.60. The molecule has 0 spiro atoms. The zero-order chi connectivity index (χ0) is 8.43. The summed E-state index contributed by atoms with van der Waals surface area (Å²) in [7, 11) is 0. The second-order valence-electron chi connectivity index (χ2n) is 3.00. The van der Waals surface area contributed by atoms with Gasteiger partial charge in [-0.2, -0.15) is 0 Å². The maximum Gasteiger partial charge on any atom is 0.220 e. The van der Waals surface area contributed by atoms with Crippen LogP contribution in [0.5, 0.6) is 0 Å². The molecule has 2 nitrogen and oxygen atoms in total. The first-order valence-corrected chi connectivity index (χ1v) is 4.16. The van der Waals surface area contributed by atoms with Crippen LogP contribution in [0.2, 0.25) is 0 Å². The van der Waals surface area contributed by atoms with E-state index < -0.39 is 0 Å². The van der Waals surface area contributed by atoms with Crippen LogP contribution in [0.3, 0.4) is 0 Å². The van der Waals surface area contributed by atoms with Crippen molar-refractivity contribution in [2.45, 2.75) is 24.6 Å². The third kappa shape index (κ3) is 1.96. The molecule has 1 fully saturated rings. The largest absolute Gasteiger partial charge is 0.369 e. The molecule has 0 aromatic heterocycles. The lowest BCUT2D eigenvalue weighted by Crippen LogP contribution is -2.29. The van der Waals surface area contributed by atoms with Crippen LogP contribution < -0.4 is 5.73 Å². The molecular formula is C8H12ClNO. The molecule has 2 atom stereocenters. The predicted molar refractivity (Wildman–Crippen MR) is 45.3 cm³/mol. The van der Waals surface area contributed by atoms with E-state index in [0.717, 1.165) is 18.4 Å². The van der Waals surface area contributed by atoms with E-state index in [4.69, 9.17) is 17.3 Å². The van der Waals surface area contributed by atoms with Gasteiger partial charge in [0.15, 0.2) is 0 Å². The molecule has 0 saturated heterocycles. The number of hydrogen-bond acceptors (Lipinski definition) is 1. The van der Waals surface area contributed by atoms with E-state index in [1.54, 1.807) is 0 Å². The van der Waals surface area contributed by atoms with Crippen molar-refractivity contribution in [3.8, 4) is 0 Å². The molecule has 1 aliphatic carbocycles. The van der Waals surface area contributed by atoms with Crippen LogP contribution in [0.15, 0.2) is 12.2 Å². The minimum Gasteiger partial charge on any atom is -0.369 e. The van der Waals surface area contributed by atoms with Crippen molar-refractivity contribution >= 4 is 17.5 Å². The van der Waals surface area contributed by atoms with Crippen molar-refractivity contribution in [3.05, 3.63) is 12.2 Å². The molecule has 2 N–H and O–H groups in total. The molecule has 1 aliphatic rings. The van der Waals surface area contributed by atoms with E-state index >= 15 is 0 Å². The third-order valence-electron chi connectivity index (χ3n) is 2.15. The second kappa shape index (κ2) is 3.26. The average molecular weight is 174 g/mol. The topological polar surface area (TPSA) is 43.1 Å². The summed E-state index contributed by atoms with van der Waals surface area (Å²) in [4.78, 5) is 10.7. The molecule has 3 heteroatoms. The van der Waals surface area contributed by atoms with Gasteiger partial charge in [-0.05, 0) is 19.3 Å². The number of allylic oxidation sites excluding steroid dienone is 1. The minimum absolute atomic E-state index is 0.0389. The van der Waals surface area contributed by atoms with Crippen molar-refractivity contribution in [2.24, 2.45) is 11.7 Å². The van der Waals surface area contributed by atoms with Gasteiger partial charge in [0.05, 0.1) is 5.38 Å². The highest BCUT2D eigenvalue weighted by Gasteiger charge is 2.26. The van der Waals surface area contributed by atoms with Gasteiger partial charge in [-0.1, -0.05) is 12.2 Å². The highest BCUT2D eigenvalue weighted by atomic mass is 35.5. The molecule has 62 valence electrons. The van der Waals surface area contributed by atoms with Crippen LogP contribution in [-0.4, -0.2) is 11.3 Å². The van der Waals surface area contributed by atoms with Gasteiger partial charge in [-0.15, -0.1) is 11.6 Å². The summed E-state index contributed by atoms with van der Waals surface area (Å²) < 4.78 is 0. The maximum atomic E-state index is 10.7. The summed E-state index contributed by atoms with van der Waals surface area (Å²) >= 11 is 5.90. The summed E-state index contributed by atoms with van der Waals surface area (Å²) in [6, 6.07) is 0. The van der Waals surface area contributed by atoms with Crippen molar-refractivity contribution < 1.29 is 4.79 Å². The molecular weight excluding hydrogens is 162 g/mol. The van der Waals surface area contributed by atoms with Gasteiger partial charge < -0.3 is 5.73 Å². The Morgan fingerprint density at radius 3 is 2.82 bits per heavy atom. The summed E-state index contributed by atoms with van der Waals surface area (Å²) in [5, 5.41) is -0.0544. The molecule has 0 radical (unpaired) electrons. The molecule has 0 aromatic rings. The Kier molecular flexibility index (Phi) is 2.55. The Morgan fingerprint density at radius 2 is 2.36 bits per heavy atom. The van der Waals surface area contributed by atoms with Crippen LogP contribution in [-0.2, 0) is 4.79 Å². The summed E-state index contributed by atoms with van der Waals surface area (Å²) in [5.41, 5.74) is 6.18. The lowest BCUT2D eigenvalue weighted by molar-refractivity contribution is -0.122. The van der Waals surface area contributed by atoms with Gasteiger partial charge in [0.2, 0.25) is 5.91 Å². The molecule has 2 unspecified atom stereocenters.